The number of thioether (sulfide) groups is 1. The van der Waals surface area contributed by atoms with E-state index in [0.29, 0.717) is 5.75 Å². The topological polar surface area (TPSA) is 58.6 Å². The molecule has 0 saturated heterocycles. The summed E-state index contributed by atoms with van der Waals surface area (Å²) in [6, 6.07) is 0. The van der Waals surface area contributed by atoms with Crippen LogP contribution in [0.15, 0.2) is 12.7 Å². The second-order valence-electron chi connectivity index (χ2n) is 3.17. The third-order valence-corrected chi connectivity index (χ3v) is 2.31. The Balaban J connectivity index is 3.69. The second kappa shape index (κ2) is 6.73. The minimum Gasteiger partial charge on any atom is -0.445 e. The van der Waals surface area contributed by atoms with Gasteiger partial charge in [-0.05, 0) is 13.2 Å². The first-order valence-corrected chi connectivity index (χ1v) is 5.64. The summed E-state index contributed by atoms with van der Waals surface area (Å²) in [7, 11) is 0. The highest BCUT2D eigenvalue weighted by Crippen LogP contribution is 2.08. The molecule has 0 aromatic heterocycles. The fourth-order valence-electron chi connectivity index (χ4n) is 0.810. The van der Waals surface area contributed by atoms with Crippen molar-refractivity contribution in [1.82, 2.24) is 5.32 Å². The number of hydrogen-bond acceptors (Lipinski definition) is 4. The number of carbonyl (C=O) groups is 1. The average Bonchev–Trinajstić information content (AvgIpc) is 2.11. The van der Waals surface area contributed by atoms with Gasteiger partial charge in [-0.25, -0.2) is 4.79 Å². The van der Waals surface area contributed by atoms with Crippen molar-refractivity contribution in [2.24, 2.45) is 0 Å². The molecule has 0 aliphatic rings. The molecule has 0 saturated carbocycles. The molecular formula is C9H17NO3S. The molecule has 0 aliphatic carbocycles. The largest absolute Gasteiger partial charge is 0.445 e. The van der Waals surface area contributed by atoms with Gasteiger partial charge in [0.25, 0.3) is 0 Å². The normalized spacial score (nSPS) is 14.2. The first-order chi connectivity index (χ1) is 6.52. The summed E-state index contributed by atoms with van der Waals surface area (Å²) in [5.74, 6) is 0.564. The summed E-state index contributed by atoms with van der Waals surface area (Å²) in [5.41, 5.74) is -0.896. The molecule has 82 valence electrons. The Labute approximate surface area is 88.7 Å². The first-order valence-electron chi connectivity index (χ1n) is 4.24. The van der Waals surface area contributed by atoms with Crippen LogP contribution in [0.4, 0.5) is 4.79 Å². The molecule has 0 aromatic carbocycles. The Morgan fingerprint density at radius 3 is 2.93 bits per heavy atom. The SMILES string of the molecule is C=CCOC(=O)NCC(C)(O)CSC. The van der Waals surface area contributed by atoms with Gasteiger partial charge in [-0.2, -0.15) is 11.8 Å². The molecule has 14 heavy (non-hydrogen) atoms. The molecular weight excluding hydrogens is 202 g/mol. The molecule has 0 aromatic rings. The highest BCUT2D eigenvalue weighted by molar-refractivity contribution is 7.98. The number of nitrogens with one attached hydrogen (secondary N) is 1. The van der Waals surface area contributed by atoms with Gasteiger partial charge in [-0.1, -0.05) is 12.7 Å². The van der Waals surface area contributed by atoms with Crippen LogP contribution in [0, 0.1) is 0 Å². The lowest BCUT2D eigenvalue weighted by molar-refractivity contribution is 0.0799. The molecule has 0 rings (SSSR count). The summed E-state index contributed by atoms with van der Waals surface area (Å²) in [4.78, 5) is 11.0. The molecule has 5 heteroatoms. The van der Waals surface area contributed by atoms with Gasteiger partial charge in [-0.3, -0.25) is 0 Å². The summed E-state index contributed by atoms with van der Waals surface area (Å²) in [6.07, 6.45) is 2.84. The summed E-state index contributed by atoms with van der Waals surface area (Å²) >= 11 is 1.52. The van der Waals surface area contributed by atoms with Gasteiger partial charge in [0.2, 0.25) is 0 Å². The second-order valence-corrected chi connectivity index (χ2v) is 4.04. The third-order valence-electron chi connectivity index (χ3n) is 1.40. The van der Waals surface area contributed by atoms with Gasteiger partial charge in [0.1, 0.15) is 6.61 Å². The predicted molar refractivity (Wildman–Crippen MR) is 58.6 cm³/mol. The average molecular weight is 219 g/mol. The van der Waals surface area contributed by atoms with Crippen LogP contribution in [0.5, 0.6) is 0 Å². The Bertz CT molecular complexity index is 194. The Morgan fingerprint density at radius 1 is 1.79 bits per heavy atom. The summed E-state index contributed by atoms with van der Waals surface area (Å²) in [5, 5.41) is 12.1. The van der Waals surface area contributed by atoms with E-state index in [1.54, 1.807) is 6.92 Å². The van der Waals surface area contributed by atoms with Crippen molar-refractivity contribution in [3.63, 3.8) is 0 Å². The van der Waals surface area contributed by atoms with Crippen LogP contribution < -0.4 is 5.32 Å². The van der Waals surface area contributed by atoms with Gasteiger partial charge in [-0.15, -0.1) is 0 Å². The third kappa shape index (κ3) is 6.80. The van der Waals surface area contributed by atoms with E-state index in [2.05, 4.69) is 16.6 Å². The van der Waals surface area contributed by atoms with E-state index in [1.807, 2.05) is 6.26 Å². The maximum Gasteiger partial charge on any atom is 0.407 e. The van der Waals surface area contributed by atoms with Crippen molar-refractivity contribution in [3.05, 3.63) is 12.7 Å². The van der Waals surface area contributed by atoms with Gasteiger partial charge in [0.15, 0.2) is 0 Å². The van der Waals surface area contributed by atoms with Crippen LogP contribution >= 0.6 is 11.8 Å². The van der Waals surface area contributed by atoms with Gasteiger partial charge in [0.05, 0.1) is 12.1 Å². The van der Waals surface area contributed by atoms with Gasteiger partial charge < -0.3 is 15.2 Å². The van der Waals surface area contributed by atoms with Crippen molar-refractivity contribution < 1.29 is 14.6 Å². The lowest BCUT2D eigenvalue weighted by Gasteiger charge is -2.22. The quantitative estimate of drug-likeness (QED) is 0.655. The van der Waals surface area contributed by atoms with Crippen LogP contribution in [-0.2, 0) is 4.74 Å². The molecule has 0 fully saturated rings. The van der Waals surface area contributed by atoms with Crippen LogP contribution in [0.25, 0.3) is 0 Å². The van der Waals surface area contributed by atoms with Crippen LogP contribution in [0.2, 0.25) is 0 Å². The lowest BCUT2D eigenvalue weighted by Crippen LogP contribution is -2.42. The molecule has 2 N–H and O–H groups in total. The summed E-state index contributed by atoms with van der Waals surface area (Å²) < 4.78 is 4.68. The number of carbonyl (C=O) groups excluding carboxylic acids is 1. The molecule has 0 bridgehead atoms. The number of hydrogen-bond donors (Lipinski definition) is 2. The van der Waals surface area contributed by atoms with Crippen molar-refractivity contribution in [3.8, 4) is 0 Å². The summed E-state index contributed by atoms with van der Waals surface area (Å²) in [6.45, 7) is 5.44. The van der Waals surface area contributed by atoms with E-state index in [-0.39, 0.29) is 13.2 Å². The molecule has 0 radical (unpaired) electrons. The lowest BCUT2D eigenvalue weighted by atomic mass is 10.1. The zero-order chi connectivity index (χ0) is 11.0. The maximum atomic E-state index is 11.0. The van der Waals surface area contributed by atoms with Gasteiger partial charge in [0, 0.05) is 5.75 Å². The minimum atomic E-state index is -0.896. The standard InChI is InChI=1S/C9H17NO3S/c1-4-5-13-8(11)10-6-9(2,12)7-14-3/h4,12H,1,5-7H2,2-3H3,(H,10,11). The minimum absolute atomic E-state index is 0.177. The van der Waals surface area contributed by atoms with Crippen LogP contribution in [-0.4, -0.2) is 42.0 Å². The van der Waals surface area contributed by atoms with E-state index >= 15 is 0 Å². The van der Waals surface area contributed by atoms with E-state index < -0.39 is 11.7 Å². The molecule has 0 heterocycles. The molecule has 0 spiro atoms. The zero-order valence-corrected chi connectivity index (χ0v) is 9.39. The van der Waals surface area contributed by atoms with Crippen molar-refractivity contribution >= 4 is 17.9 Å². The number of alkyl carbamates (subject to hydrolysis) is 1. The molecule has 1 amide bonds. The monoisotopic (exact) mass is 219 g/mol. The van der Waals surface area contributed by atoms with E-state index in [4.69, 9.17) is 0 Å². The van der Waals surface area contributed by atoms with E-state index in [1.165, 1.54) is 17.8 Å². The Morgan fingerprint density at radius 2 is 2.43 bits per heavy atom. The van der Waals surface area contributed by atoms with Crippen LogP contribution in [0.1, 0.15) is 6.92 Å². The molecule has 4 nitrogen and oxygen atoms in total. The first kappa shape index (κ1) is 13.3. The Hall–Kier alpha value is -0.680. The molecule has 1 unspecified atom stereocenters. The van der Waals surface area contributed by atoms with Gasteiger partial charge >= 0.3 is 6.09 Å². The number of rotatable bonds is 6. The highest BCUT2D eigenvalue weighted by Gasteiger charge is 2.20. The highest BCUT2D eigenvalue weighted by atomic mass is 32.2. The van der Waals surface area contributed by atoms with E-state index in [9.17, 15) is 9.90 Å². The fraction of sp³-hybridized carbons (Fsp3) is 0.667. The van der Waals surface area contributed by atoms with E-state index in [0.717, 1.165) is 0 Å². The Kier molecular flexibility index (Phi) is 6.40. The molecule has 0 aliphatic heterocycles. The van der Waals surface area contributed by atoms with Crippen molar-refractivity contribution in [2.45, 2.75) is 12.5 Å². The van der Waals surface area contributed by atoms with Crippen molar-refractivity contribution in [2.75, 3.05) is 25.2 Å². The number of ether oxygens (including phenoxy) is 1. The number of amides is 1. The van der Waals surface area contributed by atoms with Crippen molar-refractivity contribution in [1.29, 1.82) is 0 Å². The fourth-order valence-corrected chi connectivity index (χ4v) is 1.53. The predicted octanol–water partition coefficient (Wildman–Crippen LogP) is 1.01. The number of aliphatic hydroxyl groups is 1. The van der Waals surface area contributed by atoms with Crippen LogP contribution in [0.3, 0.4) is 0 Å². The maximum absolute atomic E-state index is 11.0. The smallest absolute Gasteiger partial charge is 0.407 e. The molecule has 1 atom stereocenters. The zero-order valence-electron chi connectivity index (χ0n) is 8.58.